The van der Waals surface area contributed by atoms with E-state index in [-0.39, 0.29) is 11.4 Å². The molecule has 0 saturated carbocycles. The number of likely N-dealkylation sites (N-methyl/N-ethyl adjacent to an activating group) is 1. The van der Waals surface area contributed by atoms with Crippen molar-refractivity contribution in [2.75, 3.05) is 13.1 Å². The zero-order valence-corrected chi connectivity index (χ0v) is 13.4. The van der Waals surface area contributed by atoms with Gasteiger partial charge >= 0.3 is 0 Å². The van der Waals surface area contributed by atoms with Gasteiger partial charge < -0.3 is 5.11 Å². The molecule has 0 saturated heterocycles. The van der Waals surface area contributed by atoms with Crippen LogP contribution in [0, 0.1) is 0 Å². The molecular formula is C16H21NO3S. The molecule has 0 radical (unpaired) electrons. The van der Waals surface area contributed by atoms with Gasteiger partial charge in [0.05, 0.1) is 10.5 Å². The molecule has 0 aliphatic rings. The van der Waals surface area contributed by atoms with Crippen LogP contribution in [-0.4, -0.2) is 36.5 Å². The van der Waals surface area contributed by atoms with E-state index < -0.39 is 15.6 Å². The zero-order chi connectivity index (χ0) is 15.7. The van der Waals surface area contributed by atoms with E-state index in [1.165, 1.54) is 4.31 Å². The van der Waals surface area contributed by atoms with Gasteiger partial charge in [0.2, 0.25) is 10.0 Å². The number of benzene rings is 2. The predicted molar refractivity (Wildman–Crippen MR) is 84.7 cm³/mol. The molecule has 4 nitrogen and oxygen atoms in total. The highest BCUT2D eigenvalue weighted by Gasteiger charge is 2.28. The molecule has 5 heteroatoms. The molecular weight excluding hydrogens is 286 g/mol. The molecule has 0 amide bonds. The van der Waals surface area contributed by atoms with E-state index in [1.807, 2.05) is 24.3 Å². The molecule has 0 unspecified atom stereocenters. The molecule has 0 atom stereocenters. The van der Waals surface area contributed by atoms with E-state index >= 15 is 0 Å². The number of nitrogens with zero attached hydrogens (tertiary/aromatic N) is 1. The highest BCUT2D eigenvalue weighted by molar-refractivity contribution is 7.89. The molecule has 114 valence electrons. The van der Waals surface area contributed by atoms with Crippen molar-refractivity contribution in [2.45, 2.75) is 31.3 Å². The fraction of sp³-hybridized carbons (Fsp3) is 0.375. The van der Waals surface area contributed by atoms with Gasteiger partial charge in [-0.05, 0) is 36.8 Å². The van der Waals surface area contributed by atoms with E-state index in [0.29, 0.717) is 6.54 Å². The zero-order valence-electron chi connectivity index (χ0n) is 12.6. The molecule has 1 N–H and O–H groups in total. The molecule has 0 aromatic heterocycles. The second-order valence-corrected chi connectivity index (χ2v) is 7.69. The largest absolute Gasteiger partial charge is 0.389 e. The maximum Gasteiger partial charge on any atom is 0.243 e. The summed E-state index contributed by atoms with van der Waals surface area (Å²) in [5.74, 6) is 0. The lowest BCUT2D eigenvalue weighted by molar-refractivity contribution is 0.0601. The third-order valence-corrected chi connectivity index (χ3v) is 5.19. The van der Waals surface area contributed by atoms with E-state index in [9.17, 15) is 13.5 Å². The van der Waals surface area contributed by atoms with Gasteiger partial charge in [0, 0.05) is 13.1 Å². The number of hydrogen-bond donors (Lipinski definition) is 1. The predicted octanol–water partition coefficient (Wildman–Crippen LogP) is 2.62. The van der Waals surface area contributed by atoms with Crippen molar-refractivity contribution in [2.24, 2.45) is 0 Å². The number of fused-ring (bicyclic) bond motifs is 1. The fourth-order valence-corrected chi connectivity index (χ4v) is 3.92. The Bertz CT molecular complexity index is 733. The number of aliphatic hydroxyl groups is 1. The van der Waals surface area contributed by atoms with Gasteiger partial charge in [0.25, 0.3) is 0 Å². The Balaban J connectivity index is 2.44. The molecule has 0 aliphatic heterocycles. The van der Waals surface area contributed by atoms with Crippen molar-refractivity contribution in [1.29, 1.82) is 0 Å². The monoisotopic (exact) mass is 307 g/mol. The van der Waals surface area contributed by atoms with Gasteiger partial charge in [-0.2, -0.15) is 4.31 Å². The first-order valence-corrected chi connectivity index (χ1v) is 8.39. The molecule has 2 aromatic rings. The SMILES string of the molecule is CCN(CC(C)(C)O)S(=O)(=O)c1ccc2ccccc2c1. The summed E-state index contributed by atoms with van der Waals surface area (Å²) in [5.41, 5.74) is -1.07. The molecule has 21 heavy (non-hydrogen) atoms. The van der Waals surface area contributed by atoms with Crippen LogP contribution in [0.15, 0.2) is 47.4 Å². The minimum Gasteiger partial charge on any atom is -0.389 e. The van der Waals surface area contributed by atoms with Crippen molar-refractivity contribution in [3.8, 4) is 0 Å². The first kappa shape index (κ1) is 15.9. The second-order valence-electron chi connectivity index (χ2n) is 5.75. The molecule has 0 fully saturated rings. The van der Waals surface area contributed by atoms with Gasteiger partial charge in [-0.3, -0.25) is 0 Å². The van der Waals surface area contributed by atoms with Gasteiger partial charge in [0.1, 0.15) is 0 Å². The van der Waals surface area contributed by atoms with Crippen LogP contribution < -0.4 is 0 Å². The number of rotatable bonds is 5. The summed E-state index contributed by atoms with van der Waals surface area (Å²) in [4.78, 5) is 0.257. The Morgan fingerprint density at radius 1 is 1.10 bits per heavy atom. The minimum atomic E-state index is -3.60. The highest BCUT2D eigenvalue weighted by Crippen LogP contribution is 2.23. The van der Waals surface area contributed by atoms with Gasteiger partial charge in [-0.1, -0.05) is 37.3 Å². The minimum absolute atomic E-state index is 0.0681. The lowest BCUT2D eigenvalue weighted by Gasteiger charge is -2.27. The maximum absolute atomic E-state index is 12.7. The molecule has 2 rings (SSSR count). The summed E-state index contributed by atoms with van der Waals surface area (Å²) >= 11 is 0. The Morgan fingerprint density at radius 3 is 2.29 bits per heavy atom. The summed E-state index contributed by atoms with van der Waals surface area (Å²) in [6.07, 6.45) is 0. The van der Waals surface area contributed by atoms with Crippen molar-refractivity contribution in [3.63, 3.8) is 0 Å². The van der Waals surface area contributed by atoms with Crippen LogP contribution in [0.4, 0.5) is 0 Å². The van der Waals surface area contributed by atoms with Gasteiger partial charge in [-0.15, -0.1) is 0 Å². The summed E-state index contributed by atoms with van der Waals surface area (Å²) in [7, 11) is -3.60. The summed E-state index contributed by atoms with van der Waals surface area (Å²) in [6, 6.07) is 12.7. The van der Waals surface area contributed by atoms with Crippen molar-refractivity contribution < 1.29 is 13.5 Å². The Morgan fingerprint density at radius 2 is 1.71 bits per heavy atom. The molecule has 2 aromatic carbocycles. The summed E-state index contributed by atoms with van der Waals surface area (Å²) in [5, 5.41) is 11.8. The van der Waals surface area contributed by atoms with Crippen molar-refractivity contribution >= 4 is 20.8 Å². The first-order chi connectivity index (χ1) is 9.74. The smallest absolute Gasteiger partial charge is 0.243 e. The van der Waals surface area contributed by atoms with Crippen molar-refractivity contribution in [3.05, 3.63) is 42.5 Å². The highest BCUT2D eigenvalue weighted by atomic mass is 32.2. The van der Waals surface area contributed by atoms with Crippen LogP contribution in [0.25, 0.3) is 10.8 Å². The quantitative estimate of drug-likeness (QED) is 0.924. The lowest BCUT2D eigenvalue weighted by atomic mass is 10.1. The number of hydrogen-bond acceptors (Lipinski definition) is 3. The van der Waals surface area contributed by atoms with Crippen LogP contribution in [0.2, 0.25) is 0 Å². The molecule has 0 heterocycles. The van der Waals surface area contributed by atoms with E-state index in [4.69, 9.17) is 0 Å². The fourth-order valence-electron chi connectivity index (χ4n) is 2.28. The second kappa shape index (κ2) is 5.75. The number of sulfonamides is 1. The Labute approximate surface area is 126 Å². The van der Waals surface area contributed by atoms with Crippen LogP contribution in [-0.2, 0) is 10.0 Å². The average molecular weight is 307 g/mol. The van der Waals surface area contributed by atoms with Crippen LogP contribution in [0.1, 0.15) is 20.8 Å². The first-order valence-electron chi connectivity index (χ1n) is 6.95. The van der Waals surface area contributed by atoms with E-state index in [0.717, 1.165) is 10.8 Å². The normalized spacial score (nSPS) is 13.0. The summed E-state index contributed by atoms with van der Waals surface area (Å²) in [6.45, 7) is 5.36. The van der Waals surface area contributed by atoms with Crippen LogP contribution in [0.5, 0.6) is 0 Å². The Hall–Kier alpha value is -1.43. The van der Waals surface area contributed by atoms with Gasteiger partial charge in [-0.25, -0.2) is 8.42 Å². The molecule has 0 spiro atoms. The van der Waals surface area contributed by atoms with E-state index in [1.54, 1.807) is 39.0 Å². The van der Waals surface area contributed by atoms with Crippen LogP contribution in [0.3, 0.4) is 0 Å². The summed E-state index contributed by atoms with van der Waals surface area (Å²) < 4.78 is 26.7. The molecule has 0 aliphatic carbocycles. The molecule has 0 bridgehead atoms. The standard InChI is InChI=1S/C16H21NO3S/c1-4-17(12-16(2,3)18)21(19,20)15-10-9-13-7-5-6-8-14(13)11-15/h5-11,18H,4,12H2,1-3H3. The Kier molecular flexibility index (Phi) is 4.37. The average Bonchev–Trinajstić information content (AvgIpc) is 2.43. The maximum atomic E-state index is 12.7. The lowest BCUT2D eigenvalue weighted by Crippen LogP contribution is -2.42. The van der Waals surface area contributed by atoms with Gasteiger partial charge in [0.15, 0.2) is 0 Å². The third-order valence-electron chi connectivity index (χ3n) is 3.27. The third kappa shape index (κ3) is 3.61. The van der Waals surface area contributed by atoms with Crippen LogP contribution >= 0.6 is 0 Å². The topological polar surface area (TPSA) is 57.6 Å². The van der Waals surface area contributed by atoms with E-state index in [2.05, 4.69) is 0 Å². The van der Waals surface area contributed by atoms with Crippen molar-refractivity contribution in [1.82, 2.24) is 4.31 Å².